The Hall–Kier alpha value is -3.67. The smallest absolute Gasteiger partial charge is 0.247 e. The van der Waals surface area contributed by atoms with E-state index in [1.807, 2.05) is 19.2 Å². The molecule has 3 aromatic rings. The van der Waals surface area contributed by atoms with Gasteiger partial charge in [-0.25, -0.2) is 9.67 Å². The fourth-order valence-electron chi connectivity index (χ4n) is 4.43. The van der Waals surface area contributed by atoms with E-state index in [1.165, 1.54) is 18.7 Å². The number of methoxy groups -OCH3 is 1. The zero-order valence-corrected chi connectivity index (χ0v) is 22.3. The minimum atomic E-state index is -0.316. The van der Waals surface area contributed by atoms with Crippen LogP contribution in [0.15, 0.2) is 37.2 Å². The molecule has 200 valence electrons. The third kappa shape index (κ3) is 5.59. The summed E-state index contributed by atoms with van der Waals surface area (Å²) in [6.07, 6.45) is 5.97. The SMILES string of the molecule is C=CC(=O)Nc1cc(Nc2ncc(Cl)c(-n3cc(CN4CCC4)c(C)n3)n2)c(OC)cc1N1CCOCC1. The first-order valence-electron chi connectivity index (χ1n) is 12.5. The molecular formula is C26H31ClN8O3. The van der Waals surface area contributed by atoms with Crippen molar-refractivity contribution in [3.63, 3.8) is 0 Å². The highest BCUT2D eigenvalue weighted by atomic mass is 35.5. The lowest BCUT2D eigenvalue weighted by Crippen LogP contribution is -2.36. The number of hydrogen-bond donors (Lipinski definition) is 2. The zero-order chi connectivity index (χ0) is 26.6. The Morgan fingerprint density at radius 2 is 2.03 bits per heavy atom. The highest BCUT2D eigenvalue weighted by Gasteiger charge is 2.21. The zero-order valence-electron chi connectivity index (χ0n) is 21.5. The molecule has 0 radical (unpaired) electrons. The summed E-state index contributed by atoms with van der Waals surface area (Å²) in [5.41, 5.74) is 4.08. The molecule has 12 heteroatoms. The molecule has 2 saturated heterocycles. The summed E-state index contributed by atoms with van der Waals surface area (Å²) in [5.74, 6) is 1.02. The summed E-state index contributed by atoms with van der Waals surface area (Å²) >= 11 is 6.48. The number of nitrogens with one attached hydrogen (secondary N) is 2. The van der Waals surface area contributed by atoms with Crippen molar-refractivity contribution in [3.05, 3.63) is 53.5 Å². The third-order valence-corrected chi connectivity index (χ3v) is 6.91. The molecule has 0 spiro atoms. The summed E-state index contributed by atoms with van der Waals surface area (Å²) in [6, 6.07) is 3.67. The second kappa shape index (κ2) is 11.4. The number of rotatable bonds is 9. The maximum Gasteiger partial charge on any atom is 0.247 e. The van der Waals surface area contributed by atoms with Gasteiger partial charge in [0.25, 0.3) is 0 Å². The molecule has 0 atom stereocenters. The third-order valence-electron chi connectivity index (χ3n) is 6.65. The first kappa shape index (κ1) is 26.0. The average Bonchev–Trinajstić information content (AvgIpc) is 3.27. The maximum atomic E-state index is 12.2. The van der Waals surface area contributed by atoms with Crippen molar-refractivity contribution >= 4 is 40.5 Å². The van der Waals surface area contributed by atoms with Crippen LogP contribution in [0, 0.1) is 6.92 Å². The van der Waals surface area contributed by atoms with Crippen LogP contribution < -0.4 is 20.3 Å². The van der Waals surface area contributed by atoms with Crippen molar-refractivity contribution in [2.45, 2.75) is 19.9 Å². The number of halogens is 1. The van der Waals surface area contributed by atoms with Gasteiger partial charge in [-0.2, -0.15) is 10.1 Å². The Bertz CT molecular complexity index is 1330. The number of hydrogen-bond acceptors (Lipinski definition) is 9. The van der Waals surface area contributed by atoms with Crippen molar-refractivity contribution in [2.24, 2.45) is 0 Å². The molecule has 1 aromatic carbocycles. The molecule has 2 aliphatic rings. The van der Waals surface area contributed by atoms with Gasteiger partial charge >= 0.3 is 0 Å². The second-order valence-electron chi connectivity index (χ2n) is 9.17. The Morgan fingerprint density at radius 3 is 2.71 bits per heavy atom. The van der Waals surface area contributed by atoms with Crippen molar-refractivity contribution in [3.8, 4) is 11.6 Å². The summed E-state index contributed by atoms with van der Waals surface area (Å²) in [6.45, 7) is 11.2. The quantitative estimate of drug-likeness (QED) is 0.395. The molecule has 2 N–H and O–H groups in total. The molecule has 0 unspecified atom stereocenters. The van der Waals surface area contributed by atoms with E-state index in [0.29, 0.717) is 60.2 Å². The van der Waals surface area contributed by atoms with Crippen LogP contribution in [0.1, 0.15) is 17.7 Å². The van der Waals surface area contributed by atoms with Crippen LogP contribution in [0.5, 0.6) is 5.75 Å². The number of benzene rings is 1. The van der Waals surface area contributed by atoms with Crippen molar-refractivity contribution < 1.29 is 14.3 Å². The number of aromatic nitrogens is 4. The van der Waals surface area contributed by atoms with Gasteiger partial charge < -0.3 is 25.0 Å². The fraction of sp³-hybridized carbons (Fsp3) is 0.385. The molecule has 1 amide bonds. The summed E-state index contributed by atoms with van der Waals surface area (Å²) in [4.78, 5) is 25.7. The van der Waals surface area contributed by atoms with Gasteiger partial charge in [-0.05, 0) is 38.6 Å². The van der Waals surface area contributed by atoms with E-state index in [0.717, 1.165) is 36.6 Å². The number of nitrogens with zero attached hydrogens (tertiary/aromatic N) is 6. The number of carbonyl (C=O) groups excluding carboxylic acids is 1. The van der Waals surface area contributed by atoms with Crippen molar-refractivity contribution in [1.29, 1.82) is 0 Å². The standard InChI is InChI=1S/C26H31ClN8O3/c1-4-24(36)29-20-12-21(23(37-3)13-22(20)34-8-10-38-11-9-34)30-26-28-14-19(27)25(31-26)35-16-18(17(2)32-35)15-33-6-5-7-33/h4,12-14,16H,1,5-11,15H2,2-3H3,(H,29,36)(H,28,30,31). The molecule has 38 heavy (non-hydrogen) atoms. The van der Waals surface area contributed by atoms with Gasteiger partial charge in [0.2, 0.25) is 11.9 Å². The van der Waals surface area contributed by atoms with E-state index < -0.39 is 0 Å². The summed E-state index contributed by atoms with van der Waals surface area (Å²) < 4.78 is 12.9. The number of aryl methyl sites for hydroxylation is 1. The molecule has 0 saturated carbocycles. The Kier molecular flexibility index (Phi) is 7.77. The monoisotopic (exact) mass is 538 g/mol. The van der Waals surface area contributed by atoms with Crippen LogP contribution in [0.4, 0.5) is 23.0 Å². The lowest BCUT2D eigenvalue weighted by Gasteiger charge is -2.31. The molecule has 2 aliphatic heterocycles. The number of likely N-dealkylation sites (tertiary alicyclic amines) is 1. The molecule has 5 rings (SSSR count). The molecule has 11 nitrogen and oxygen atoms in total. The average molecular weight is 539 g/mol. The van der Waals surface area contributed by atoms with Crippen LogP contribution in [-0.2, 0) is 16.1 Å². The van der Waals surface area contributed by atoms with Crippen LogP contribution in [0.25, 0.3) is 5.82 Å². The van der Waals surface area contributed by atoms with Gasteiger partial charge in [0.15, 0.2) is 5.82 Å². The van der Waals surface area contributed by atoms with Gasteiger partial charge in [0.1, 0.15) is 10.8 Å². The number of morpholine rings is 1. The van der Waals surface area contributed by atoms with E-state index in [1.54, 1.807) is 17.9 Å². The van der Waals surface area contributed by atoms with E-state index in [-0.39, 0.29) is 5.91 Å². The Balaban J connectivity index is 1.46. The van der Waals surface area contributed by atoms with E-state index in [2.05, 4.69) is 42.1 Å². The minimum absolute atomic E-state index is 0.306. The van der Waals surface area contributed by atoms with Crippen molar-refractivity contribution in [1.82, 2.24) is 24.6 Å². The number of anilines is 4. The first-order chi connectivity index (χ1) is 18.4. The molecule has 0 bridgehead atoms. The first-order valence-corrected chi connectivity index (χ1v) is 12.9. The predicted octanol–water partition coefficient (Wildman–Crippen LogP) is 3.54. The van der Waals surface area contributed by atoms with Gasteiger partial charge in [-0.15, -0.1) is 0 Å². The van der Waals surface area contributed by atoms with Gasteiger partial charge in [-0.1, -0.05) is 18.2 Å². The van der Waals surface area contributed by atoms with Crippen LogP contribution in [0.2, 0.25) is 5.02 Å². The van der Waals surface area contributed by atoms with Crippen LogP contribution in [-0.4, -0.2) is 77.1 Å². The van der Waals surface area contributed by atoms with E-state index in [4.69, 9.17) is 21.1 Å². The minimum Gasteiger partial charge on any atom is -0.494 e. The summed E-state index contributed by atoms with van der Waals surface area (Å²) in [5, 5.41) is 11.1. The topological polar surface area (TPSA) is 110 Å². The largest absolute Gasteiger partial charge is 0.494 e. The highest BCUT2D eigenvalue weighted by Crippen LogP contribution is 2.38. The molecular weight excluding hydrogens is 508 g/mol. The van der Waals surface area contributed by atoms with Gasteiger partial charge in [0.05, 0.1) is 49.3 Å². The lowest BCUT2D eigenvalue weighted by atomic mass is 10.1. The normalized spacial score (nSPS) is 15.6. The van der Waals surface area contributed by atoms with Crippen LogP contribution >= 0.6 is 11.6 Å². The molecule has 2 fully saturated rings. The van der Waals surface area contributed by atoms with Gasteiger partial charge in [-0.3, -0.25) is 9.69 Å². The second-order valence-corrected chi connectivity index (χ2v) is 9.57. The number of ether oxygens (including phenoxy) is 2. The van der Waals surface area contributed by atoms with Crippen molar-refractivity contribution in [2.75, 3.05) is 62.0 Å². The Labute approximate surface area is 226 Å². The number of carbonyl (C=O) groups is 1. The van der Waals surface area contributed by atoms with Gasteiger partial charge in [0, 0.05) is 37.5 Å². The molecule has 2 aromatic heterocycles. The maximum absolute atomic E-state index is 12.2. The highest BCUT2D eigenvalue weighted by molar-refractivity contribution is 6.32. The molecule has 4 heterocycles. The fourth-order valence-corrected chi connectivity index (χ4v) is 4.60. The van der Waals surface area contributed by atoms with E-state index in [9.17, 15) is 4.79 Å². The van der Waals surface area contributed by atoms with E-state index >= 15 is 0 Å². The predicted molar refractivity (Wildman–Crippen MR) is 147 cm³/mol. The lowest BCUT2D eigenvalue weighted by molar-refractivity contribution is -0.111. The number of amides is 1. The Morgan fingerprint density at radius 1 is 1.24 bits per heavy atom. The van der Waals surface area contributed by atoms with Crippen LogP contribution in [0.3, 0.4) is 0 Å². The molecule has 0 aliphatic carbocycles. The summed E-state index contributed by atoms with van der Waals surface area (Å²) in [7, 11) is 1.59.